The van der Waals surface area contributed by atoms with Crippen LogP contribution in [0.1, 0.15) is 58.9 Å². The van der Waals surface area contributed by atoms with Gasteiger partial charge >= 0.3 is 0 Å². The van der Waals surface area contributed by atoms with Crippen LogP contribution in [0.3, 0.4) is 0 Å². The third-order valence-corrected chi connectivity index (χ3v) is 6.75. The normalized spacial score (nSPS) is 16.5. The number of anilines is 4. The molecular weight excluding hydrogens is 454 g/mol. The fourth-order valence-corrected chi connectivity index (χ4v) is 4.70. The summed E-state index contributed by atoms with van der Waals surface area (Å²) >= 11 is 0. The molecule has 0 radical (unpaired) electrons. The summed E-state index contributed by atoms with van der Waals surface area (Å²) in [6.45, 7) is 11.1. The van der Waals surface area contributed by atoms with Gasteiger partial charge in [-0.2, -0.15) is 4.98 Å². The van der Waals surface area contributed by atoms with Crippen molar-refractivity contribution in [3.05, 3.63) is 35.7 Å². The fraction of sp³-hybridized carbons (Fsp3) is 0.519. The van der Waals surface area contributed by atoms with Crippen molar-refractivity contribution in [1.82, 2.24) is 20.3 Å². The van der Waals surface area contributed by atoms with Crippen molar-refractivity contribution >= 4 is 40.9 Å². The Hall–Kier alpha value is -3.33. The first-order valence-electron chi connectivity index (χ1n) is 12.9. The molecule has 194 valence electrons. The van der Waals surface area contributed by atoms with E-state index in [1.807, 2.05) is 33.2 Å². The van der Waals surface area contributed by atoms with Crippen LogP contribution in [-0.4, -0.2) is 66.3 Å². The van der Waals surface area contributed by atoms with Gasteiger partial charge in [0.2, 0.25) is 5.95 Å². The van der Waals surface area contributed by atoms with Crippen LogP contribution in [0, 0.1) is 0 Å². The van der Waals surface area contributed by atoms with Crippen molar-refractivity contribution in [1.29, 1.82) is 0 Å². The Labute approximate surface area is 214 Å². The average molecular weight is 494 g/mol. The minimum absolute atomic E-state index is 0.149. The second kappa shape index (κ2) is 13.1. The standard InChI is InChI=1S/C25H33N7O2.C2H6/c1-17(22(16-33)18(2)34)21-15-28-25(30-24(21)31(3)19-6-4-5-7-19)29-23-9-8-20(14-27-23)32-12-10-26-11-13-32;1-2/h8-9,14-16,19,26H,4-7,10-13H2,1-3H3,(H,27,28,29,30);1-2H3/b22-17+;. The first-order chi connectivity index (χ1) is 17.5. The number of nitrogens with one attached hydrogen (secondary N) is 2. The number of carbonyl (C=O) groups is 2. The number of ketones is 1. The first-order valence-corrected chi connectivity index (χ1v) is 12.9. The predicted octanol–water partition coefficient (Wildman–Crippen LogP) is 3.99. The summed E-state index contributed by atoms with van der Waals surface area (Å²) in [4.78, 5) is 41.9. The van der Waals surface area contributed by atoms with E-state index in [0.717, 1.165) is 44.7 Å². The molecule has 9 nitrogen and oxygen atoms in total. The van der Waals surface area contributed by atoms with Crippen molar-refractivity contribution in [3.8, 4) is 0 Å². The van der Waals surface area contributed by atoms with Gasteiger partial charge in [0.25, 0.3) is 0 Å². The van der Waals surface area contributed by atoms with E-state index in [9.17, 15) is 9.59 Å². The maximum absolute atomic E-state index is 12.0. The molecule has 2 aromatic rings. The number of hydrogen-bond acceptors (Lipinski definition) is 9. The molecular formula is C27H39N7O2. The molecule has 3 heterocycles. The van der Waals surface area contributed by atoms with Crippen molar-refractivity contribution < 1.29 is 9.59 Å². The Balaban J connectivity index is 0.00000176. The van der Waals surface area contributed by atoms with Crippen molar-refractivity contribution in [2.75, 3.05) is 48.3 Å². The molecule has 2 fully saturated rings. The van der Waals surface area contributed by atoms with Gasteiger partial charge in [-0.3, -0.25) is 9.59 Å². The van der Waals surface area contributed by atoms with E-state index in [2.05, 4.69) is 36.5 Å². The highest BCUT2D eigenvalue weighted by Crippen LogP contribution is 2.33. The monoisotopic (exact) mass is 493 g/mol. The van der Waals surface area contributed by atoms with Crippen LogP contribution >= 0.6 is 0 Å². The summed E-state index contributed by atoms with van der Waals surface area (Å²) in [6, 6.07) is 4.35. The third-order valence-electron chi connectivity index (χ3n) is 6.75. The molecule has 1 saturated carbocycles. The SMILES string of the molecule is CC.CC(=O)/C(C=O)=C(\C)c1cnc(Nc2ccc(N3CCNCC3)cn2)nc1N(C)C1CCCC1. The Morgan fingerprint density at radius 2 is 1.81 bits per heavy atom. The van der Waals surface area contributed by atoms with Crippen LogP contribution in [0.25, 0.3) is 5.57 Å². The van der Waals surface area contributed by atoms with E-state index in [4.69, 9.17) is 4.98 Å². The fourth-order valence-electron chi connectivity index (χ4n) is 4.70. The van der Waals surface area contributed by atoms with E-state index >= 15 is 0 Å². The average Bonchev–Trinajstić information content (AvgIpc) is 3.46. The molecule has 0 aromatic carbocycles. The van der Waals surface area contributed by atoms with Crippen molar-refractivity contribution in [2.24, 2.45) is 0 Å². The van der Waals surface area contributed by atoms with Gasteiger partial charge in [0, 0.05) is 51.0 Å². The number of aldehydes is 1. The number of nitrogens with zero attached hydrogens (tertiary/aromatic N) is 5. The number of hydrogen-bond donors (Lipinski definition) is 2. The van der Waals surface area contributed by atoms with Crippen LogP contribution in [-0.2, 0) is 9.59 Å². The molecule has 2 N–H and O–H groups in total. The summed E-state index contributed by atoms with van der Waals surface area (Å²) in [5.41, 5.74) is 2.53. The van der Waals surface area contributed by atoms with Gasteiger partial charge in [-0.05, 0) is 44.4 Å². The highest BCUT2D eigenvalue weighted by atomic mass is 16.1. The number of allylic oxidation sites excluding steroid dienone is 2. The molecule has 0 atom stereocenters. The van der Waals surface area contributed by atoms with Crippen LogP contribution in [0.4, 0.5) is 23.3 Å². The van der Waals surface area contributed by atoms with Crippen LogP contribution in [0.15, 0.2) is 30.1 Å². The minimum Gasteiger partial charge on any atom is -0.368 e. The lowest BCUT2D eigenvalue weighted by atomic mass is 10.0. The molecule has 36 heavy (non-hydrogen) atoms. The molecule has 9 heteroatoms. The summed E-state index contributed by atoms with van der Waals surface area (Å²) in [6.07, 6.45) is 8.72. The van der Waals surface area contributed by atoms with Gasteiger partial charge in [0.05, 0.1) is 17.5 Å². The Kier molecular flexibility index (Phi) is 9.93. The molecule has 0 spiro atoms. The molecule has 0 bridgehead atoms. The largest absolute Gasteiger partial charge is 0.368 e. The van der Waals surface area contributed by atoms with Gasteiger partial charge in [0.1, 0.15) is 11.6 Å². The third kappa shape index (κ3) is 6.46. The Morgan fingerprint density at radius 3 is 2.39 bits per heavy atom. The van der Waals surface area contributed by atoms with Gasteiger partial charge < -0.3 is 20.4 Å². The summed E-state index contributed by atoms with van der Waals surface area (Å²) < 4.78 is 0. The molecule has 1 aliphatic carbocycles. The van der Waals surface area contributed by atoms with Crippen molar-refractivity contribution in [2.45, 2.75) is 59.4 Å². The first kappa shape index (κ1) is 27.3. The van der Waals surface area contributed by atoms with Gasteiger partial charge in [-0.15, -0.1) is 0 Å². The summed E-state index contributed by atoms with van der Waals surface area (Å²) in [5.74, 6) is 1.53. The smallest absolute Gasteiger partial charge is 0.230 e. The maximum atomic E-state index is 12.0. The van der Waals surface area contributed by atoms with Crippen molar-refractivity contribution in [3.63, 3.8) is 0 Å². The van der Waals surface area contributed by atoms with E-state index < -0.39 is 0 Å². The predicted molar refractivity (Wildman–Crippen MR) is 146 cm³/mol. The van der Waals surface area contributed by atoms with E-state index in [1.54, 1.807) is 13.1 Å². The zero-order chi connectivity index (χ0) is 26.1. The molecule has 2 aliphatic rings. The van der Waals surface area contributed by atoms with Crippen LogP contribution in [0.5, 0.6) is 0 Å². The Bertz CT molecular complexity index is 1060. The van der Waals surface area contributed by atoms with Crippen LogP contribution < -0.4 is 20.4 Å². The number of carbonyl (C=O) groups excluding carboxylic acids is 2. The molecule has 1 saturated heterocycles. The number of pyridine rings is 1. The number of piperazine rings is 1. The van der Waals surface area contributed by atoms with Crippen LogP contribution in [0.2, 0.25) is 0 Å². The summed E-state index contributed by atoms with van der Waals surface area (Å²) in [5, 5.41) is 6.56. The highest BCUT2D eigenvalue weighted by molar-refractivity contribution is 6.17. The van der Waals surface area contributed by atoms with Gasteiger partial charge in [-0.25, -0.2) is 9.97 Å². The summed E-state index contributed by atoms with van der Waals surface area (Å²) in [7, 11) is 2.02. The molecule has 1 aliphatic heterocycles. The number of Topliss-reactive ketones (excluding diaryl/α,β-unsaturated/α-hetero) is 1. The minimum atomic E-state index is -0.266. The molecule has 0 unspecified atom stereocenters. The highest BCUT2D eigenvalue weighted by Gasteiger charge is 2.25. The van der Waals surface area contributed by atoms with Gasteiger partial charge in [0.15, 0.2) is 12.1 Å². The second-order valence-electron chi connectivity index (χ2n) is 8.96. The quantitative estimate of drug-likeness (QED) is 0.244. The van der Waals surface area contributed by atoms with E-state index in [1.165, 1.54) is 19.8 Å². The second-order valence-corrected chi connectivity index (χ2v) is 8.96. The topological polar surface area (TPSA) is 103 Å². The zero-order valence-electron chi connectivity index (χ0n) is 22.2. The lowest BCUT2D eigenvalue weighted by Gasteiger charge is -2.29. The number of rotatable bonds is 8. The zero-order valence-corrected chi connectivity index (χ0v) is 22.2. The van der Waals surface area contributed by atoms with E-state index in [-0.39, 0.29) is 11.4 Å². The molecule has 0 amide bonds. The maximum Gasteiger partial charge on any atom is 0.230 e. The lowest BCUT2D eigenvalue weighted by molar-refractivity contribution is -0.115. The van der Waals surface area contributed by atoms with Gasteiger partial charge in [-0.1, -0.05) is 26.7 Å². The molecule has 4 rings (SSSR count). The Morgan fingerprint density at radius 1 is 1.11 bits per heavy atom. The number of aromatic nitrogens is 3. The van der Waals surface area contributed by atoms with E-state index in [0.29, 0.717) is 41.0 Å². The lowest BCUT2D eigenvalue weighted by Crippen LogP contribution is -2.43. The molecule has 2 aromatic heterocycles.